The fraction of sp³-hybridized carbons (Fsp3) is 0.200. The Kier molecular flexibility index (Phi) is 3.85. The van der Waals surface area contributed by atoms with Gasteiger partial charge in [-0.05, 0) is 18.6 Å². The largest absolute Gasteiger partial charge is 0.380 e. The Morgan fingerprint density at radius 1 is 1.60 bits per heavy atom. The van der Waals surface area contributed by atoms with E-state index in [1.807, 2.05) is 13.0 Å². The molecule has 5 heteroatoms. The third-order valence-corrected chi connectivity index (χ3v) is 2.04. The van der Waals surface area contributed by atoms with E-state index in [1.54, 1.807) is 0 Å². The monoisotopic (exact) mass is 270 g/mol. The van der Waals surface area contributed by atoms with Gasteiger partial charge in [-0.15, -0.1) is 0 Å². The Morgan fingerprint density at radius 2 is 2.27 bits per heavy atom. The lowest BCUT2D eigenvalue weighted by atomic mass is 10.2. The van der Waals surface area contributed by atoms with Crippen molar-refractivity contribution in [3.05, 3.63) is 44.9 Å². The number of benzene rings is 1. The number of aryl methyl sites for hydroxylation is 1. The second-order valence-corrected chi connectivity index (χ2v) is 4.31. The lowest BCUT2D eigenvalue weighted by molar-refractivity contribution is -0.384. The van der Waals surface area contributed by atoms with Crippen LogP contribution in [0.4, 0.5) is 11.4 Å². The molecule has 0 aliphatic heterocycles. The molecule has 0 bridgehead atoms. The van der Waals surface area contributed by atoms with Crippen LogP contribution in [0.25, 0.3) is 0 Å². The van der Waals surface area contributed by atoms with Crippen LogP contribution in [-0.4, -0.2) is 11.5 Å². The molecule has 4 nitrogen and oxygen atoms in total. The Bertz CT molecular complexity index is 404. The maximum atomic E-state index is 10.6. The summed E-state index contributed by atoms with van der Waals surface area (Å²) in [7, 11) is 0. The van der Waals surface area contributed by atoms with Gasteiger partial charge in [0.1, 0.15) is 0 Å². The molecular formula is C10H11BrN2O2. The summed E-state index contributed by atoms with van der Waals surface area (Å²) in [6.07, 6.45) is 0. The smallest absolute Gasteiger partial charge is 0.271 e. The summed E-state index contributed by atoms with van der Waals surface area (Å²) in [6, 6.07) is 4.89. The van der Waals surface area contributed by atoms with Crippen LogP contribution < -0.4 is 5.32 Å². The Hall–Kier alpha value is -1.36. The van der Waals surface area contributed by atoms with Crippen molar-refractivity contribution in [3.8, 4) is 0 Å². The summed E-state index contributed by atoms with van der Waals surface area (Å²) in [6.45, 7) is 6.03. The minimum Gasteiger partial charge on any atom is -0.380 e. The third kappa shape index (κ3) is 3.71. The molecule has 0 fully saturated rings. The molecule has 0 radical (unpaired) electrons. The van der Waals surface area contributed by atoms with Crippen molar-refractivity contribution < 1.29 is 4.92 Å². The number of nitro groups is 1. The van der Waals surface area contributed by atoms with Crippen molar-refractivity contribution in [1.82, 2.24) is 0 Å². The van der Waals surface area contributed by atoms with Gasteiger partial charge in [0, 0.05) is 28.8 Å². The second kappa shape index (κ2) is 4.93. The number of nitrogens with one attached hydrogen (secondary N) is 1. The Morgan fingerprint density at radius 3 is 2.80 bits per heavy atom. The molecule has 0 amide bonds. The molecule has 0 unspecified atom stereocenters. The molecule has 0 saturated carbocycles. The number of halogens is 1. The van der Waals surface area contributed by atoms with Crippen LogP contribution in [0.3, 0.4) is 0 Å². The predicted molar refractivity (Wildman–Crippen MR) is 64.4 cm³/mol. The number of anilines is 1. The van der Waals surface area contributed by atoms with Crippen molar-refractivity contribution >= 4 is 27.3 Å². The first-order valence-corrected chi connectivity index (χ1v) is 5.11. The van der Waals surface area contributed by atoms with E-state index in [0.717, 1.165) is 15.7 Å². The van der Waals surface area contributed by atoms with Crippen molar-refractivity contribution in [2.45, 2.75) is 6.92 Å². The highest BCUT2D eigenvalue weighted by Gasteiger charge is 2.07. The fourth-order valence-electron chi connectivity index (χ4n) is 1.17. The highest BCUT2D eigenvalue weighted by atomic mass is 79.9. The zero-order valence-electron chi connectivity index (χ0n) is 8.29. The van der Waals surface area contributed by atoms with Crippen LogP contribution >= 0.6 is 15.9 Å². The van der Waals surface area contributed by atoms with Gasteiger partial charge >= 0.3 is 0 Å². The molecule has 1 rings (SSSR count). The summed E-state index contributed by atoms with van der Waals surface area (Å²) in [4.78, 5) is 10.2. The summed E-state index contributed by atoms with van der Waals surface area (Å²) < 4.78 is 0.798. The highest BCUT2D eigenvalue weighted by Crippen LogP contribution is 2.20. The van der Waals surface area contributed by atoms with E-state index in [0.29, 0.717) is 6.54 Å². The third-order valence-electron chi connectivity index (χ3n) is 1.76. The molecule has 0 heterocycles. The number of nitro benzene ring substituents is 1. The molecule has 0 aromatic heterocycles. The SMILES string of the molecule is C=C(Br)CNc1cc(C)cc([N+](=O)[O-])c1. The zero-order chi connectivity index (χ0) is 11.4. The molecule has 0 saturated heterocycles. The molecule has 80 valence electrons. The van der Waals surface area contributed by atoms with Crippen molar-refractivity contribution in [3.63, 3.8) is 0 Å². The van der Waals surface area contributed by atoms with Gasteiger partial charge in [0.25, 0.3) is 5.69 Å². The minimum atomic E-state index is -0.402. The Labute approximate surface area is 96.3 Å². The van der Waals surface area contributed by atoms with Gasteiger partial charge in [0.2, 0.25) is 0 Å². The quantitative estimate of drug-likeness (QED) is 0.675. The number of hydrogen-bond donors (Lipinski definition) is 1. The van der Waals surface area contributed by atoms with Gasteiger partial charge in [-0.1, -0.05) is 22.5 Å². The predicted octanol–water partition coefficient (Wildman–Crippen LogP) is 3.22. The van der Waals surface area contributed by atoms with E-state index < -0.39 is 4.92 Å². The number of rotatable bonds is 4. The van der Waals surface area contributed by atoms with Gasteiger partial charge < -0.3 is 5.32 Å². The minimum absolute atomic E-state index is 0.0951. The topological polar surface area (TPSA) is 55.2 Å². The maximum Gasteiger partial charge on any atom is 0.271 e. The normalized spacial score (nSPS) is 9.73. The van der Waals surface area contributed by atoms with Crippen LogP contribution in [0.5, 0.6) is 0 Å². The number of hydrogen-bond acceptors (Lipinski definition) is 3. The van der Waals surface area contributed by atoms with E-state index in [9.17, 15) is 10.1 Å². The molecule has 0 aliphatic carbocycles. The molecule has 0 aliphatic rings. The van der Waals surface area contributed by atoms with Gasteiger partial charge in [0.15, 0.2) is 0 Å². The first-order valence-electron chi connectivity index (χ1n) is 4.32. The van der Waals surface area contributed by atoms with Crippen LogP contribution in [0.1, 0.15) is 5.56 Å². The maximum absolute atomic E-state index is 10.6. The zero-order valence-corrected chi connectivity index (χ0v) is 9.87. The molecular weight excluding hydrogens is 260 g/mol. The second-order valence-electron chi connectivity index (χ2n) is 3.19. The van der Waals surface area contributed by atoms with E-state index >= 15 is 0 Å². The van der Waals surface area contributed by atoms with Gasteiger partial charge in [-0.25, -0.2) is 0 Å². The average Bonchev–Trinajstić information content (AvgIpc) is 2.13. The van der Waals surface area contributed by atoms with Crippen LogP contribution in [-0.2, 0) is 0 Å². The molecule has 0 atom stereocenters. The molecule has 0 spiro atoms. The summed E-state index contributed by atoms with van der Waals surface area (Å²) in [5, 5.41) is 13.6. The number of nitrogens with zero attached hydrogens (tertiary/aromatic N) is 1. The summed E-state index contributed by atoms with van der Waals surface area (Å²) in [5.74, 6) is 0. The van der Waals surface area contributed by atoms with Gasteiger partial charge in [0.05, 0.1) is 4.92 Å². The molecule has 1 N–H and O–H groups in total. The fourth-order valence-corrected chi connectivity index (χ4v) is 1.31. The van der Waals surface area contributed by atoms with E-state index in [2.05, 4.69) is 27.8 Å². The van der Waals surface area contributed by atoms with E-state index in [4.69, 9.17) is 0 Å². The van der Waals surface area contributed by atoms with E-state index in [1.165, 1.54) is 12.1 Å². The number of non-ortho nitro benzene ring substituents is 1. The standard InChI is InChI=1S/C10H11BrN2O2/c1-7-3-9(12-6-8(2)11)5-10(4-7)13(14)15/h3-5,12H,2,6H2,1H3. The average molecular weight is 271 g/mol. The van der Waals surface area contributed by atoms with Crippen LogP contribution in [0.15, 0.2) is 29.3 Å². The summed E-state index contributed by atoms with van der Waals surface area (Å²) >= 11 is 3.21. The molecule has 1 aromatic carbocycles. The van der Waals surface area contributed by atoms with Crippen molar-refractivity contribution in [2.75, 3.05) is 11.9 Å². The lowest BCUT2D eigenvalue weighted by Crippen LogP contribution is -2.01. The van der Waals surface area contributed by atoms with Crippen molar-refractivity contribution in [2.24, 2.45) is 0 Å². The van der Waals surface area contributed by atoms with Crippen LogP contribution in [0.2, 0.25) is 0 Å². The van der Waals surface area contributed by atoms with E-state index in [-0.39, 0.29) is 5.69 Å². The lowest BCUT2D eigenvalue weighted by Gasteiger charge is -2.05. The first kappa shape index (κ1) is 11.7. The van der Waals surface area contributed by atoms with Gasteiger partial charge in [-0.2, -0.15) is 0 Å². The van der Waals surface area contributed by atoms with Gasteiger partial charge in [-0.3, -0.25) is 10.1 Å². The molecule has 15 heavy (non-hydrogen) atoms. The first-order chi connectivity index (χ1) is 6.99. The van der Waals surface area contributed by atoms with Crippen molar-refractivity contribution in [1.29, 1.82) is 0 Å². The summed E-state index contributed by atoms with van der Waals surface area (Å²) in [5.41, 5.74) is 1.67. The molecule has 1 aromatic rings. The van der Waals surface area contributed by atoms with Crippen LogP contribution in [0, 0.1) is 17.0 Å². The highest BCUT2D eigenvalue weighted by molar-refractivity contribution is 9.11. The Balaban J connectivity index is 2.88.